The van der Waals surface area contributed by atoms with Crippen molar-refractivity contribution in [2.24, 2.45) is 0 Å². The van der Waals surface area contributed by atoms with Crippen LogP contribution in [-0.2, 0) is 10.0 Å². The fourth-order valence-corrected chi connectivity index (χ4v) is 5.02. The second-order valence-electron chi connectivity index (χ2n) is 8.36. The minimum Gasteiger partial charge on any atom is -0.324 e. The number of piperidine rings is 1. The summed E-state index contributed by atoms with van der Waals surface area (Å²) < 4.78 is 26.7. The molecule has 3 rings (SSSR count). The number of nitrogens with zero attached hydrogens (tertiary/aromatic N) is 1. The van der Waals surface area contributed by atoms with E-state index in [1.165, 1.54) is 37.7 Å². The third kappa shape index (κ3) is 5.47. The van der Waals surface area contributed by atoms with Gasteiger partial charge in [0.25, 0.3) is 0 Å². The highest BCUT2D eigenvalue weighted by Gasteiger charge is 2.27. The van der Waals surface area contributed by atoms with Gasteiger partial charge in [0.1, 0.15) is 0 Å². The molecule has 2 fully saturated rings. The van der Waals surface area contributed by atoms with Crippen molar-refractivity contribution in [3.05, 3.63) is 29.8 Å². The summed E-state index contributed by atoms with van der Waals surface area (Å²) in [5.74, 6) is 0.659. The third-order valence-electron chi connectivity index (χ3n) is 5.97. The van der Waals surface area contributed by atoms with Crippen molar-refractivity contribution in [3.63, 3.8) is 0 Å². The van der Waals surface area contributed by atoms with Crippen LogP contribution in [0, 0.1) is 0 Å². The standard InChI is InChI=1S/C21H33N3O3S/c1-16(2)28(26,27)23-20-12-14-24(15-13-20)21(25)22-19-10-8-18(9-11-19)17-6-4-3-5-7-17/h8-11,16-17,20,23H,3-7,12-15H2,1-2H3,(H,22,25). The van der Waals surface area contributed by atoms with Crippen molar-refractivity contribution >= 4 is 21.7 Å². The summed E-state index contributed by atoms with van der Waals surface area (Å²) in [6, 6.07) is 8.05. The Hall–Kier alpha value is -1.60. The number of hydrogen-bond donors (Lipinski definition) is 2. The number of nitrogens with one attached hydrogen (secondary N) is 2. The molecule has 0 unspecified atom stereocenters. The van der Waals surface area contributed by atoms with Crippen molar-refractivity contribution in [2.45, 2.75) is 76.0 Å². The first-order chi connectivity index (χ1) is 13.3. The number of hydrogen-bond acceptors (Lipinski definition) is 3. The van der Waals surface area contributed by atoms with E-state index in [1.54, 1.807) is 18.7 Å². The number of amides is 2. The largest absolute Gasteiger partial charge is 0.324 e. The number of anilines is 1. The van der Waals surface area contributed by atoms with Gasteiger partial charge in [-0.15, -0.1) is 0 Å². The first-order valence-corrected chi connectivity index (χ1v) is 12.1. The third-order valence-corrected chi connectivity index (χ3v) is 7.88. The predicted molar refractivity (Wildman–Crippen MR) is 113 cm³/mol. The van der Waals surface area contributed by atoms with Crippen LogP contribution in [0.3, 0.4) is 0 Å². The van der Waals surface area contributed by atoms with Crippen molar-refractivity contribution in [1.82, 2.24) is 9.62 Å². The van der Waals surface area contributed by atoms with Gasteiger partial charge in [-0.05, 0) is 63.1 Å². The molecule has 0 spiro atoms. The Morgan fingerprint density at radius 3 is 2.18 bits per heavy atom. The van der Waals surface area contributed by atoms with E-state index >= 15 is 0 Å². The highest BCUT2D eigenvalue weighted by atomic mass is 32.2. The molecule has 1 saturated heterocycles. The Labute approximate surface area is 169 Å². The lowest BCUT2D eigenvalue weighted by Crippen LogP contribution is -2.48. The summed E-state index contributed by atoms with van der Waals surface area (Å²) in [5.41, 5.74) is 2.18. The lowest BCUT2D eigenvalue weighted by Gasteiger charge is -2.32. The molecule has 0 aromatic heterocycles. The predicted octanol–water partition coefficient (Wildman–Crippen LogP) is 4.06. The molecule has 6 nitrogen and oxygen atoms in total. The number of urea groups is 1. The molecular formula is C21H33N3O3S. The molecule has 0 atom stereocenters. The second kappa shape index (κ2) is 9.27. The van der Waals surface area contributed by atoms with Gasteiger partial charge in [-0.25, -0.2) is 17.9 Å². The van der Waals surface area contributed by atoms with Crippen molar-refractivity contribution in [3.8, 4) is 0 Å². The van der Waals surface area contributed by atoms with E-state index in [0.29, 0.717) is 31.8 Å². The van der Waals surface area contributed by atoms with Crippen LogP contribution in [0.5, 0.6) is 0 Å². The number of benzene rings is 1. The van der Waals surface area contributed by atoms with Gasteiger partial charge in [-0.1, -0.05) is 31.4 Å². The van der Waals surface area contributed by atoms with Gasteiger partial charge in [0.05, 0.1) is 5.25 Å². The molecule has 0 radical (unpaired) electrons. The summed E-state index contributed by atoms with van der Waals surface area (Å²) >= 11 is 0. The Balaban J connectivity index is 1.48. The van der Waals surface area contributed by atoms with E-state index in [0.717, 1.165) is 5.69 Å². The van der Waals surface area contributed by atoms with Crippen molar-refractivity contribution < 1.29 is 13.2 Å². The molecule has 1 aliphatic heterocycles. The molecule has 1 aromatic carbocycles. The minimum atomic E-state index is -3.27. The molecule has 156 valence electrons. The van der Waals surface area contributed by atoms with Gasteiger partial charge in [-0.2, -0.15) is 0 Å². The lowest BCUT2D eigenvalue weighted by atomic mass is 9.84. The van der Waals surface area contributed by atoms with Crippen LogP contribution in [0.4, 0.5) is 10.5 Å². The van der Waals surface area contributed by atoms with Crippen LogP contribution in [0.2, 0.25) is 0 Å². The smallest absolute Gasteiger partial charge is 0.321 e. The van der Waals surface area contributed by atoms with E-state index in [4.69, 9.17) is 0 Å². The van der Waals surface area contributed by atoms with E-state index in [2.05, 4.69) is 22.2 Å². The van der Waals surface area contributed by atoms with Gasteiger partial charge >= 0.3 is 6.03 Å². The zero-order valence-electron chi connectivity index (χ0n) is 17.0. The normalized spacial score (nSPS) is 19.8. The highest BCUT2D eigenvalue weighted by molar-refractivity contribution is 7.90. The molecule has 2 N–H and O–H groups in total. The fourth-order valence-electron chi connectivity index (χ4n) is 4.05. The maximum atomic E-state index is 12.5. The average molecular weight is 408 g/mol. The van der Waals surface area contributed by atoms with E-state index < -0.39 is 15.3 Å². The van der Waals surface area contributed by atoms with E-state index in [-0.39, 0.29) is 12.1 Å². The molecule has 2 aliphatic rings. The Morgan fingerprint density at radius 1 is 1.00 bits per heavy atom. The molecule has 1 heterocycles. The number of likely N-dealkylation sites (tertiary alicyclic amines) is 1. The monoisotopic (exact) mass is 407 g/mol. The molecular weight excluding hydrogens is 374 g/mol. The zero-order chi connectivity index (χ0) is 20.1. The maximum absolute atomic E-state index is 12.5. The second-order valence-corrected chi connectivity index (χ2v) is 10.6. The molecule has 28 heavy (non-hydrogen) atoms. The van der Waals surface area contributed by atoms with Crippen LogP contribution < -0.4 is 10.0 Å². The average Bonchev–Trinajstić information content (AvgIpc) is 2.69. The van der Waals surface area contributed by atoms with Crippen LogP contribution >= 0.6 is 0 Å². The number of sulfonamides is 1. The first-order valence-electron chi connectivity index (χ1n) is 10.5. The van der Waals surface area contributed by atoms with Gasteiger partial charge in [0.15, 0.2) is 0 Å². The fraction of sp³-hybridized carbons (Fsp3) is 0.667. The molecule has 7 heteroatoms. The maximum Gasteiger partial charge on any atom is 0.321 e. The number of carbonyl (C=O) groups is 1. The van der Waals surface area contributed by atoms with Crippen LogP contribution in [0.1, 0.15) is 70.3 Å². The number of carbonyl (C=O) groups excluding carboxylic acids is 1. The summed E-state index contributed by atoms with van der Waals surface area (Å²) in [5, 5.41) is 2.53. The quantitative estimate of drug-likeness (QED) is 0.773. The number of rotatable bonds is 5. The van der Waals surface area contributed by atoms with Crippen molar-refractivity contribution in [1.29, 1.82) is 0 Å². The van der Waals surface area contributed by atoms with Crippen LogP contribution in [-0.4, -0.2) is 43.7 Å². The Bertz CT molecular complexity index is 748. The molecule has 2 amide bonds. The highest BCUT2D eigenvalue weighted by Crippen LogP contribution is 2.33. The SMILES string of the molecule is CC(C)S(=O)(=O)NC1CCN(C(=O)Nc2ccc(C3CCCCC3)cc2)CC1. The van der Waals surface area contributed by atoms with Gasteiger partial charge in [-0.3, -0.25) is 0 Å². The van der Waals surface area contributed by atoms with Crippen molar-refractivity contribution in [2.75, 3.05) is 18.4 Å². The molecule has 1 saturated carbocycles. The molecule has 1 aliphatic carbocycles. The molecule has 0 bridgehead atoms. The van der Waals surface area contributed by atoms with E-state index in [1.807, 2.05) is 12.1 Å². The van der Waals surface area contributed by atoms with Crippen LogP contribution in [0.15, 0.2) is 24.3 Å². The van der Waals surface area contributed by atoms with Gasteiger partial charge in [0, 0.05) is 24.8 Å². The summed E-state index contributed by atoms with van der Waals surface area (Å²) in [6.07, 6.45) is 7.78. The van der Waals surface area contributed by atoms with Crippen LogP contribution in [0.25, 0.3) is 0 Å². The lowest BCUT2D eigenvalue weighted by molar-refractivity contribution is 0.193. The minimum absolute atomic E-state index is 0.0915. The van der Waals surface area contributed by atoms with Gasteiger partial charge < -0.3 is 10.2 Å². The first kappa shape index (κ1) is 21.1. The zero-order valence-corrected chi connectivity index (χ0v) is 17.8. The Morgan fingerprint density at radius 2 is 1.61 bits per heavy atom. The Kier molecular flexibility index (Phi) is 6.99. The summed E-state index contributed by atoms with van der Waals surface area (Å²) in [7, 11) is -3.27. The topological polar surface area (TPSA) is 78.5 Å². The summed E-state index contributed by atoms with van der Waals surface area (Å²) in [4.78, 5) is 14.3. The molecule has 1 aromatic rings. The van der Waals surface area contributed by atoms with E-state index in [9.17, 15) is 13.2 Å². The van der Waals surface area contributed by atoms with Gasteiger partial charge in [0.2, 0.25) is 10.0 Å². The summed E-state index contributed by atoms with van der Waals surface area (Å²) in [6.45, 7) is 4.45.